The van der Waals surface area contributed by atoms with Crippen LogP contribution in [0.5, 0.6) is 0 Å². The monoisotopic (exact) mass is 283 g/mol. The van der Waals surface area contributed by atoms with E-state index < -0.39 is 0 Å². The lowest BCUT2D eigenvalue weighted by Gasteiger charge is -2.09. The van der Waals surface area contributed by atoms with E-state index in [1.54, 1.807) is 11.3 Å². The summed E-state index contributed by atoms with van der Waals surface area (Å²) in [6.45, 7) is 4.00. The minimum atomic E-state index is 0.896. The molecular formula is C16H17N3S. The second kappa shape index (κ2) is 6.03. The molecule has 2 aromatic heterocycles. The van der Waals surface area contributed by atoms with Crippen molar-refractivity contribution in [2.45, 2.75) is 13.5 Å². The highest BCUT2D eigenvalue weighted by molar-refractivity contribution is 7.13. The van der Waals surface area contributed by atoms with Crippen LogP contribution >= 0.6 is 11.3 Å². The van der Waals surface area contributed by atoms with E-state index in [0.29, 0.717) is 0 Å². The molecule has 0 aliphatic rings. The van der Waals surface area contributed by atoms with Crippen molar-refractivity contribution in [1.82, 2.24) is 14.9 Å². The van der Waals surface area contributed by atoms with Crippen molar-refractivity contribution in [2.24, 2.45) is 0 Å². The first-order chi connectivity index (χ1) is 9.88. The fourth-order valence-electron chi connectivity index (χ4n) is 2.19. The Morgan fingerprint density at radius 2 is 2.20 bits per heavy atom. The zero-order valence-corrected chi connectivity index (χ0v) is 12.2. The first-order valence-electron chi connectivity index (χ1n) is 6.74. The lowest BCUT2D eigenvalue weighted by atomic mass is 10.2. The molecule has 0 saturated heterocycles. The normalized spacial score (nSPS) is 10.8. The predicted molar refractivity (Wildman–Crippen MR) is 84.3 cm³/mol. The standard InChI is InChI=1S/C16H17N3S/c1-2-17-10-13-5-3-6-14(9-13)19-12-18-11-15(19)16-7-4-8-20-16/h3-9,11-12,17H,2,10H2,1H3. The summed E-state index contributed by atoms with van der Waals surface area (Å²) in [6.07, 6.45) is 3.80. The molecule has 3 aromatic rings. The van der Waals surface area contributed by atoms with Gasteiger partial charge in [0.2, 0.25) is 0 Å². The summed E-state index contributed by atoms with van der Waals surface area (Å²) in [6, 6.07) is 12.8. The Bertz CT molecular complexity index is 671. The third-order valence-electron chi connectivity index (χ3n) is 3.18. The van der Waals surface area contributed by atoms with Gasteiger partial charge < -0.3 is 5.32 Å². The molecule has 0 saturated carbocycles. The minimum Gasteiger partial charge on any atom is -0.313 e. The van der Waals surface area contributed by atoms with Crippen molar-refractivity contribution >= 4 is 11.3 Å². The summed E-state index contributed by atoms with van der Waals surface area (Å²) < 4.78 is 2.14. The van der Waals surface area contributed by atoms with Gasteiger partial charge in [0.25, 0.3) is 0 Å². The zero-order chi connectivity index (χ0) is 13.8. The maximum Gasteiger partial charge on any atom is 0.0997 e. The number of hydrogen-bond acceptors (Lipinski definition) is 3. The third-order valence-corrected chi connectivity index (χ3v) is 4.07. The van der Waals surface area contributed by atoms with Crippen LogP contribution in [0.3, 0.4) is 0 Å². The number of rotatable bonds is 5. The average Bonchev–Trinajstić information content (AvgIpc) is 3.15. The van der Waals surface area contributed by atoms with Gasteiger partial charge in [-0.25, -0.2) is 4.98 Å². The van der Waals surface area contributed by atoms with Gasteiger partial charge >= 0.3 is 0 Å². The Balaban J connectivity index is 1.96. The van der Waals surface area contributed by atoms with E-state index in [-0.39, 0.29) is 0 Å². The Morgan fingerprint density at radius 1 is 1.25 bits per heavy atom. The third kappa shape index (κ3) is 2.66. The molecule has 4 heteroatoms. The topological polar surface area (TPSA) is 29.9 Å². The van der Waals surface area contributed by atoms with Crippen LogP contribution in [0.2, 0.25) is 0 Å². The first-order valence-corrected chi connectivity index (χ1v) is 7.62. The van der Waals surface area contributed by atoms with E-state index >= 15 is 0 Å². The zero-order valence-electron chi connectivity index (χ0n) is 11.4. The molecule has 3 rings (SSSR count). The average molecular weight is 283 g/mol. The number of hydrogen-bond donors (Lipinski definition) is 1. The maximum absolute atomic E-state index is 4.30. The highest BCUT2D eigenvalue weighted by atomic mass is 32.1. The van der Waals surface area contributed by atoms with E-state index in [0.717, 1.165) is 24.5 Å². The smallest absolute Gasteiger partial charge is 0.0997 e. The number of imidazole rings is 1. The molecule has 3 nitrogen and oxygen atoms in total. The van der Waals surface area contributed by atoms with Crippen LogP contribution in [0.15, 0.2) is 54.3 Å². The molecule has 102 valence electrons. The highest BCUT2D eigenvalue weighted by Crippen LogP contribution is 2.26. The molecule has 2 heterocycles. The summed E-state index contributed by atoms with van der Waals surface area (Å²) in [5, 5.41) is 5.45. The second-order valence-corrected chi connectivity index (χ2v) is 5.52. The van der Waals surface area contributed by atoms with Crippen molar-refractivity contribution in [3.05, 3.63) is 59.9 Å². The minimum absolute atomic E-state index is 0.896. The Morgan fingerprint density at radius 3 is 3.00 bits per heavy atom. The van der Waals surface area contributed by atoms with Crippen molar-refractivity contribution in [2.75, 3.05) is 6.54 Å². The van der Waals surface area contributed by atoms with Crippen LogP contribution in [0.4, 0.5) is 0 Å². The van der Waals surface area contributed by atoms with Gasteiger partial charge in [-0.3, -0.25) is 4.57 Å². The van der Waals surface area contributed by atoms with Gasteiger partial charge in [0.15, 0.2) is 0 Å². The quantitative estimate of drug-likeness (QED) is 0.773. The molecule has 0 aliphatic heterocycles. The van der Waals surface area contributed by atoms with Crippen LogP contribution in [-0.2, 0) is 6.54 Å². The molecule has 1 N–H and O–H groups in total. The Hall–Kier alpha value is -1.91. The summed E-state index contributed by atoms with van der Waals surface area (Å²) in [5.41, 5.74) is 3.58. The van der Waals surface area contributed by atoms with Crippen LogP contribution < -0.4 is 5.32 Å². The fourth-order valence-corrected chi connectivity index (χ4v) is 2.93. The summed E-state index contributed by atoms with van der Waals surface area (Å²) in [4.78, 5) is 5.54. The molecule has 0 unspecified atom stereocenters. The lowest BCUT2D eigenvalue weighted by Crippen LogP contribution is -2.11. The SMILES string of the molecule is CCNCc1cccc(-n2cncc2-c2cccs2)c1. The predicted octanol–water partition coefficient (Wildman–Crippen LogP) is 3.71. The van der Waals surface area contributed by atoms with E-state index in [9.17, 15) is 0 Å². The maximum atomic E-state index is 4.30. The van der Waals surface area contributed by atoms with Crippen molar-refractivity contribution < 1.29 is 0 Å². The largest absolute Gasteiger partial charge is 0.313 e. The summed E-state index contributed by atoms with van der Waals surface area (Å²) in [5.74, 6) is 0. The van der Waals surface area contributed by atoms with Gasteiger partial charge in [0.05, 0.1) is 23.1 Å². The number of nitrogens with zero attached hydrogens (tertiary/aromatic N) is 2. The molecule has 0 fully saturated rings. The molecule has 0 radical (unpaired) electrons. The van der Waals surface area contributed by atoms with Gasteiger partial charge in [0, 0.05) is 12.2 Å². The van der Waals surface area contributed by atoms with E-state index in [1.165, 1.54) is 10.4 Å². The Labute approximate surface area is 122 Å². The number of benzene rings is 1. The van der Waals surface area contributed by atoms with Gasteiger partial charge in [-0.15, -0.1) is 11.3 Å². The molecule has 0 atom stereocenters. The number of thiophene rings is 1. The van der Waals surface area contributed by atoms with Crippen molar-refractivity contribution in [1.29, 1.82) is 0 Å². The van der Waals surface area contributed by atoms with Crippen LogP contribution in [-0.4, -0.2) is 16.1 Å². The number of nitrogens with one attached hydrogen (secondary N) is 1. The van der Waals surface area contributed by atoms with Crippen LogP contribution in [0, 0.1) is 0 Å². The lowest BCUT2D eigenvalue weighted by molar-refractivity contribution is 0.726. The number of aromatic nitrogens is 2. The molecular weight excluding hydrogens is 266 g/mol. The summed E-state index contributed by atoms with van der Waals surface area (Å²) in [7, 11) is 0. The van der Waals surface area contributed by atoms with Crippen molar-refractivity contribution in [3.63, 3.8) is 0 Å². The van der Waals surface area contributed by atoms with Gasteiger partial charge in [-0.1, -0.05) is 25.1 Å². The highest BCUT2D eigenvalue weighted by Gasteiger charge is 2.08. The fraction of sp³-hybridized carbons (Fsp3) is 0.188. The molecule has 1 aromatic carbocycles. The van der Waals surface area contributed by atoms with Gasteiger partial charge in [0.1, 0.15) is 0 Å². The molecule has 0 bridgehead atoms. The summed E-state index contributed by atoms with van der Waals surface area (Å²) >= 11 is 1.73. The van der Waals surface area contributed by atoms with Crippen LogP contribution in [0.1, 0.15) is 12.5 Å². The molecule has 0 amide bonds. The molecule has 20 heavy (non-hydrogen) atoms. The molecule has 0 aliphatic carbocycles. The van der Waals surface area contributed by atoms with E-state index in [4.69, 9.17) is 0 Å². The second-order valence-electron chi connectivity index (χ2n) is 4.58. The van der Waals surface area contributed by atoms with Gasteiger partial charge in [-0.2, -0.15) is 0 Å². The van der Waals surface area contributed by atoms with E-state index in [2.05, 4.69) is 63.6 Å². The molecule has 0 spiro atoms. The van der Waals surface area contributed by atoms with Crippen molar-refractivity contribution in [3.8, 4) is 16.3 Å². The Kier molecular flexibility index (Phi) is 3.95. The van der Waals surface area contributed by atoms with E-state index in [1.807, 2.05) is 12.5 Å². The van der Waals surface area contributed by atoms with Crippen LogP contribution in [0.25, 0.3) is 16.3 Å². The first kappa shape index (κ1) is 13.1. The van der Waals surface area contributed by atoms with Gasteiger partial charge in [-0.05, 0) is 35.7 Å².